The number of amides is 2. The van der Waals surface area contributed by atoms with Crippen LogP contribution in [0.3, 0.4) is 0 Å². The van der Waals surface area contributed by atoms with Crippen LogP contribution in [0.15, 0.2) is 60.7 Å². The Morgan fingerprint density at radius 1 is 0.840 bits per heavy atom. The van der Waals surface area contributed by atoms with Gasteiger partial charge in [-0.3, -0.25) is 9.59 Å². The number of hydrogen-bond acceptors (Lipinski definition) is 4. The van der Waals surface area contributed by atoms with E-state index in [0.717, 1.165) is 0 Å². The summed E-state index contributed by atoms with van der Waals surface area (Å²) in [6, 6.07) is 16.8. The zero-order valence-electron chi connectivity index (χ0n) is 14.1. The van der Waals surface area contributed by atoms with E-state index in [9.17, 15) is 14.4 Å². The lowest BCUT2D eigenvalue weighted by Gasteiger charge is -2.29. The third-order valence-electron chi connectivity index (χ3n) is 3.48. The van der Waals surface area contributed by atoms with Gasteiger partial charge in [0, 0.05) is 11.1 Å². The Balaban J connectivity index is 2.23. The summed E-state index contributed by atoms with van der Waals surface area (Å²) in [5.74, 6) is -1.74. The minimum atomic E-state index is -1.70. The molecule has 0 bridgehead atoms. The van der Waals surface area contributed by atoms with E-state index >= 15 is 0 Å². The largest absolute Gasteiger partial charge is 0.463 e. The highest BCUT2D eigenvalue weighted by Crippen LogP contribution is 2.09. The molecule has 0 spiro atoms. The molecule has 0 aliphatic carbocycles. The molecule has 6 nitrogen and oxygen atoms in total. The Morgan fingerprint density at radius 2 is 1.24 bits per heavy atom. The Kier molecular flexibility index (Phi) is 5.89. The fourth-order valence-corrected chi connectivity index (χ4v) is 2.19. The normalized spacial score (nSPS) is 10.6. The number of ether oxygens (including phenoxy) is 1. The molecule has 2 amide bonds. The van der Waals surface area contributed by atoms with Crippen molar-refractivity contribution >= 4 is 17.8 Å². The van der Waals surface area contributed by atoms with Gasteiger partial charge in [0.1, 0.15) is 0 Å². The van der Waals surface area contributed by atoms with E-state index in [1.807, 2.05) is 0 Å². The number of nitrogens with one attached hydrogen (secondary N) is 2. The summed E-state index contributed by atoms with van der Waals surface area (Å²) >= 11 is 0. The third-order valence-corrected chi connectivity index (χ3v) is 3.48. The van der Waals surface area contributed by atoms with E-state index in [2.05, 4.69) is 10.6 Å². The molecule has 0 saturated heterocycles. The van der Waals surface area contributed by atoms with E-state index in [0.29, 0.717) is 11.1 Å². The van der Waals surface area contributed by atoms with E-state index in [-0.39, 0.29) is 6.61 Å². The van der Waals surface area contributed by atoms with Gasteiger partial charge in [0.05, 0.1) is 6.61 Å². The summed E-state index contributed by atoms with van der Waals surface area (Å²) < 4.78 is 5.01. The van der Waals surface area contributed by atoms with Crippen LogP contribution >= 0.6 is 0 Å². The third kappa shape index (κ3) is 4.67. The van der Waals surface area contributed by atoms with E-state index in [4.69, 9.17) is 4.74 Å². The molecule has 2 aromatic rings. The van der Waals surface area contributed by atoms with Crippen molar-refractivity contribution in [2.45, 2.75) is 19.5 Å². The number of carbonyl (C=O) groups is 3. The molecule has 0 atom stereocenters. The summed E-state index contributed by atoms with van der Waals surface area (Å²) in [6.07, 6.45) is 0. The fraction of sp³-hybridized carbons (Fsp3) is 0.211. The monoisotopic (exact) mass is 340 g/mol. The van der Waals surface area contributed by atoms with E-state index in [1.165, 1.54) is 6.92 Å². The van der Waals surface area contributed by atoms with Gasteiger partial charge in [0.2, 0.25) is 5.66 Å². The number of hydrogen-bond donors (Lipinski definition) is 2. The summed E-state index contributed by atoms with van der Waals surface area (Å²) in [5.41, 5.74) is -0.963. The topological polar surface area (TPSA) is 84.5 Å². The van der Waals surface area contributed by atoms with Crippen LogP contribution in [0.2, 0.25) is 0 Å². The average molecular weight is 340 g/mol. The lowest BCUT2D eigenvalue weighted by Crippen LogP contribution is -2.64. The van der Waals surface area contributed by atoms with Crippen molar-refractivity contribution in [1.82, 2.24) is 10.6 Å². The Hall–Kier alpha value is -3.15. The second-order valence-electron chi connectivity index (χ2n) is 5.49. The Bertz CT molecular complexity index is 691. The first kappa shape index (κ1) is 18.2. The van der Waals surface area contributed by atoms with Crippen molar-refractivity contribution in [1.29, 1.82) is 0 Å². The molecule has 0 aromatic heterocycles. The maximum atomic E-state index is 12.4. The molecular weight excluding hydrogens is 320 g/mol. The van der Waals surface area contributed by atoms with Crippen LogP contribution in [0.4, 0.5) is 0 Å². The van der Waals surface area contributed by atoms with E-state index < -0.39 is 23.4 Å². The maximum Gasteiger partial charge on any atom is 0.352 e. The molecular formula is C19H20N2O4. The second kappa shape index (κ2) is 8.10. The summed E-state index contributed by atoms with van der Waals surface area (Å²) in [7, 11) is 0. The molecule has 0 aliphatic rings. The average Bonchev–Trinajstić information content (AvgIpc) is 2.63. The van der Waals surface area contributed by atoms with Gasteiger partial charge >= 0.3 is 5.97 Å². The molecule has 0 fully saturated rings. The molecule has 0 saturated carbocycles. The van der Waals surface area contributed by atoms with Crippen LogP contribution in [0, 0.1) is 0 Å². The first-order valence-electron chi connectivity index (χ1n) is 7.88. The van der Waals surface area contributed by atoms with Crippen molar-refractivity contribution in [2.24, 2.45) is 0 Å². The zero-order valence-corrected chi connectivity index (χ0v) is 14.1. The number of carbonyl (C=O) groups excluding carboxylic acids is 3. The molecule has 6 heteroatoms. The van der Waals surface area contributed by atoms with Crippen molar-refractivity contribution in [3.63, 3.8) is 0 Å². The van der Waals surface area contributed by atoms with Crippen LogP contribution in [-0.4, -0.2) is 30.1 Å². The van der Waals surface area contributed by atoms with Gasteiger partial charge in [0.15, 0.2) is 0 Å². The smallest absolute Gasteiger partial charge is 0.352 e. The highest BCUT2D eigenvalue weighted by molar-refractivity contribution is 6.01. The molecule has 0 aliphatic heterocycles. The van der Waals surface area contributed by atoms with Gasteiger partial charge in [-0.15, -0.1) is 0 Å². The Labute approximate surface area is 146 Å². The van der Waals surface area contributed by atoms with Crippen LogP contribution in [0.5, 0.6) is 0 Å². The lowest BCUT2D eigenvalue weighted by molar-refractivity contribution is -0.151. The summed E-state index contributed by atoms with van der Waals surface area (Å²) in [4.78, 5) is 37.2. The predicted octanol–water partition coefficient (Wildman–Crippen LogP) is 2.13. The van der Waals surface area contributed by atoms with Gasteiger partial charge < -0.3 is 15.4 Å². The molecule has 2 N–H and O–H groups in total. The van der Waals surface area contributed by atoms with Crippen molar-refractivity contribution in [2.75, 3.05) is 6.61 Å². The molecule has 0 unspecified atom stereocenters. The van der Waals surface area contributed by atoms with Gasteiger partial charge in [-0.05, 0) is 38.1 Å². The molecule has 25 heavy (non-hydrogen) atoms. The van der Waals surface area contributed by atoms with Crippen LogP contribution in [0.25, 0.3) is 0 Å². The molecule has 0 radical (unpaired) electrons. The lowest BCUT2D eigenvalue weighted by atomic mass is 10.1. The quantitative estimate of drug-likeness (QED) is 0.623. The van der Waals surface area contributed by atoms with Crippen LogP contribution in [-0.2, 0) is 9.53 Å². The number of esters is 1. The summed E-state index contributed by atoms with van der Waals surface area (Å²) in [6.45, 7) is 3.17. The first-order valence-corrected chi connectivity index (χ1v) is 7.88. The minimum Gasteiger partial charge on any atom is -0.463 e. The fourth-order valence-electron chi connectivity index (χ4n) is 2.19. The predicted molar refractivity (Wildman–Crippen MR) is 92.9 cm³/mol. The van der Waals surface area contributed by atoms with E-state index in [1.54, 1.807) is 67.6 Å². The Morgan fingerprint density at radius 3 is 1.60 bits per heavy atom. The second-order valence-corrected chi connectivity index (χ2v) is 5.49. The zero-order chi connectivity index (χ0) is 18.3. The molecule has 0 heterocycles. The highest BCUT2D eigenvalue weighted by Gasteiger charge is 2.38. The maximum absolute atomic E-state index is 12.4. The SMILES string of the molecule is CCOC(=O)C(C)(NC(=O)c1ccccc1)NC(=O)c1ccccc1. The van der Waals surface area contributed by atoms with Crippen molar-refractivity contribution < 1.29 is 19.1 Å². The summed E-state index contributed by atoms with van der Waals surface area (Å²) in [5, 5.41) is 5.10. The van der Waals surface area contributed by atoms with Gasteiger partial charge in [-0.25, -0.2) is 4.79 Å². The van der Waals surface area contributed by atoms with Gasteiger partial charge in [0.25, 0.3) is 11.8 Å². The first-order chi connectivity index (χ1) is 12.0. The minimum absolute atomic E-state index is 0.122. The van der Waals surface area contributed by atoms with Gasteiger partial charge in [-0.2, -0.15) is 0 Å². The van der Waals surface area contributed by atoms with Gasteiger partial charge in [-0.1, -0.05) is 36.4 Å². The molecule has 130 valence electrons. The van der Waals surface area contributed by atoms with Crippen molar-refractivity contribution in [3.8, 4) is 0 Å². The number of benzene rings is 2. The molecule has 2 rings (SSSR count). The van der Waals surface area contributed by atoms with Crippen LogP contribution < -0.4 is 10.6 Å². The highest BCUT2D eigenvalue weighted by atomic mass is 16.5. The standard InChI is InChI=1S/C19H20N2O4/c1-3-25-18(24)19(2,20-16(22)14-10-6-4-7-11-14)21-17(23)15-12-8-5-9-13-15/h4-13H,3H2,1-2H3,(H,20,22)(H,21,23). The van der Waals surface area contributed by atoms with Crippen molar-refractivity contribution in [3.05, 3.63) is 71.8 Å². The van der Waals surface area contributed by atoms with Crippen LogP contribution in [0.1, 0.15) is 34.6 Å². The number of rotatable bonds is 6. The molecule has 2 aromatic carbocycles.